The summed E-state index contributed by atoms with van der Waals surface area (Å²) in [5.41, 5.74) is 22.6. The molecular formula is C96H118N20O14. The minimum absolute atomic E-state index is 0.0765. The molecule has 1 saturated carbocycles. The topological polar surface area (TPSA) is 415 Å². The zero-order valence-electron chi connectivity index (χ0n) is 75.2. The first kappa shape index (κ1) is 91.0. The fourth-order valence-corrected chi connectivity index (χ4v) is 19.3. The zero-order valence-corrected chi connectivity index (χ0v) is 75.2. The molecule has 2 aromatic carbocycles. The number of Topliss-reactive ketones (excluding diaryl/α,β-unsaturated/α-hetero) is 3. The predicted octanol–water partition coefficient (Wildman–Crippen LogP) is 10.6. The van der Waals surface area contributed by atoms with Crippen molar-refractivity contribution in [3.63, 3.8) is 0 Å². The van der Waals surface area contributed by atoms with Gasteiger partial charge in [0.15, 0.2) is 11.2 Å². The summed E-state index contributed by atoms with van der Waals surface area (Å²) in [5.74, 6) is -1.85. The molecule has 16 rings (SSSR count). The van der Waals surface area contributed by atoms with Gasteiger partial charge in [-0.25, -0.2) is 54.1 Å². The number of rotatable bonds is 13. The van der Waals surface area contributed by atoms with Gasteiger partial charge in [-0.3, -0.25) is 28.8 Å². The van der Waals surface area contributed by atoms with Gasteiger partial charge >= 0.3 is 12.1 Å². The third kappa shape index (κ3) is 21.2. The summed E-state index contributed by atoms with van der Waals surface area (Å²) in [6.45, 7) is 17.8. The van der Waals surface area contributed by atoms with Crippen molar-refractivity contribution >= 4 is 98.9 Å². The SMILES string of the molecule is CO[C@H]1CC2CC[C@@H](C)C(O2)C(=O)C(=O)N2CCCC[C@H]2C(=O)O[C@H](CCC2CCC(OC(=O)N3CCc4nc(N5CCN(c6ncc(C(=O)N7CCN(c8ncc(C(=O)N9CCc%10cc(Cn%11nc(-c%12ccc%13oc(N)nc%13c%12)c%12c(N)ncnc%12%11)ccc%10C9)cn8)CC7)cn6)CC5)ncc4C3)CC2)CC(=O)[C@H](C)/C=C(\C)[C@@H](O)CC(=O)[C@H](C)C[C@H](C)/C=C/C=CC=C1C. The molecule has 0 spiro atoms. The molecule has 6 aromatic heterocycles. The van der Waals surface area contributed by atoms with Crippen LogP contribution in [0.4, 0.5) is 34.5 Å². The Bertz CT molecular complexity index is 5610. The lowest BCUT2D eigenvalue weighted by atomic mass is 9.83. The monoisotopic (exact) mass is 1770 g/mol. The van der Waals surface area contributed by atoms with E-state index < -0.39 is 54.0 Å². The highest BCUT2D eigenvalue weighted by molar-refractivity contribution is 6.38. The smallest absolute Gasteiger partial charge is 0.410 e. The molecule has 5 fully saturated rings. The quantitative estimate of drug-likeness (QED) is 0.0548. The average Bonchev–Trinajstić information content (AvgIpc) is 1.60. The second-order valence-corrected chi connectivity index (χ2v) is 36.5. The fraction of sp³-hybridized carbons (Fsp3) is 0.521. The van der Waals surface area contributed by atoms with Gasteiger partial charge in [0, 0.05) is 165 Å². The number of carbonyl (C=O) groups excluding carboxylic acids is 8. The van der Waals surface area contributed by atoms with Crippen LogP contribution in [0.1, 0.15) is 187 Å². The molecule has 4 amide bonds. The van der Waals surface area contributed by atoms with E-state index in [1.807, 2.05) is 90.8 Å². The number of amides is 4. The minimum atomic E-state index is -1.10. The molecule has 2 bridgehead atoms. The Kier molecular flexibility index (Phi) is 28.6. The molecule has 8 aromatic rings. The number of hydrogen-bond donors (Lipinski definition) is 3. The number of nitrogens with two attached hydrogens (primary N) is 2. The minimum Gasteiger partial charge on any atom is -0.460 e. The molecule has 0 radical (unpaired) electrons. The maximum Gasteiger partial charge on any atom is 0.410 e. The molecule has 130 heavy (non-hydrogen) atoms. The van der Waals surface area contributed by atoms with Crippen molar-refractivity contribution in [3.05, 3.63) is 160 Å². The number of hydrogen-bond acceptors (Lipinski definition) is 29. The van der Waals surface area contributed by atoms with Gasteiger partial charge in [-0.15, -0.1) is 0 Å². The Morgan fingerprint density at radius 2 is 1.32 bits per heavy atom. The molecule has 1 aliphatic carbocycles. The number of aromatic nitrogens is 11. The van der Waals surface area contributed by atoms with Gasteiger partial charge < -0.3 is 74.2 Å². The van der Waals surface area contributed by atoms with Crippen LogP contribution in [0.25, 0.3) is 33.4 Å². The van der Waals surface area contributed by atoms with Gasteiger partial charge in [-0.1, -0.05) is 82.4 Å². The highest BCUT2D eigenvalue weighted by atomic mass is 16.6. The maximum absolute atomic E-state index is 14.6. The number of oxazole rings is 1. The van der Waals surface area contributed by atoms with Crippen LogP contribution in [0.3, 0.4) is 0 Å². The van der Waals surface area contributed by atoms with Gasteiger partial charge in [0.1, 0.15) is 59.3 Å². The number of nitrogen functional groups attached to an aromatic ring is 2. The number of anilines is 5. The van der Waals surface area contributed by atoms with Crippen LogP contribution < -0.4 is 26.2 Å². The molecule has 4 saturated heterocycles. The number of aliphatic hydroxyl groups excluding tert-OH is 1. The number of cyclic esters (lactones) is 1. The van der Waals surface area contributed by atoms with E-state index in [1.54, 1.807) is 73.9 Å². The average molecular weight is 1780 g/mol. The van der Waals surface area contributed by atoms with Crippen LogP contribution >= 0.6 is 0 Å². The summed E-state index contributed by atoms with van der Waals surface area (Å²) in [4.78, 5) is 167. The molecule has 10 atom stereocenters. The molecule has 13 heterocycles. The van der Waals surface area contributed by atoms with Gasteiger partial charge in [-0.05, 0) is 161 Å². The van der Waals surface area contributed by atoms with E-state index in [4.69, 9.17) is 49.9 Å². The number of allylic oxidation sites excluding steroid dienone is 6. The first-order valence-electron chi connectivity index (χ1n) is 46.0. The lowest BCUT2D eigenvalue weighted by Crippen LogP contribution is -2.55. The number of ketones is 3. The summed E-state index contributed by atoms with van der Waals surface area (Å²) in [5, 5.41) is 16.9. The molecule has 34 nitrogen and oxygen atoms in total. The van der Waals surface area contributed by atoms with Crippen LogP contribution in [0.15, 0.2) is 126 Å². The van der Waals surface area contributed by atoms with Crippen LogP contribution in [0, 0.1) is 29.6 Å². The Morgan fingerprint density at radius 1 is 0.631 bits per heavy atom. The Balaban J connectivity index is 0.468. The third-order valence-corrected chi connectivity index (χ3v) is 27.3. The molecule has 8 aliphatic rings. The van der Waals surface area contributed by atoms with Gasteiger partial charge in [0.2, 0.25) is 23.6 Å². The van der Waals surface area contributed by atoms with Gasteiger partial charge in [-0.2, -0.15) is 10.1 Å². The maximum atomic E-state index is 14.6. The highest BCUT2D eigenvalue weighted by Gasteiger charge is 2.45. The van der Waals surface area contributed by atoms with Crippen molar-refractivity contribution in [2.75, 3.05) is 105 Å². The third-order valence-electron chi connectivity index (χ3n) is 27.3. The summed E-state index contributed by atoms with van der Waals surface area (Å²) >= 11 is 0. The van der Waals surface area contributed by atoms with E-state index in [0.29, 0.717) is 230 Å². The van der Waals surface area contributed by atoms with Crippen molar-refractivity contribution in [1.29, 1.82) is 0 Å². The van der Waals surface area contributed by atoms with Crippen LogP contribution in [0.5, 0.6) is 0 Å². The van der Waals surface area contributed by atoms with E-state index in [2.05, 4.69) is 56.8 Å². The molecule has 686 valence electrons. The van der Waals surface area contributed by atoms with E-state index in [0.717, 1.165) is 51.9 Å². The van der Waals surface area contributed by atoms with Crippen molar-refractivity contribution < 1.29 is 66.8 Å². The number of aliphatic hydroxyl groups is 1. The number of nitrogens with zero attached hydrogens (tertiary/aromatic N) is 18. The summed E-state index contributed by atoms with van der Waals surface area (Å²) in [6, 6.07) is 10.8. The van der Waals surface area contributed by atoms with Crippen molar-refractivity contribution in [3.8, 4) is 11.3 Å². The Morgan fingerprint density at radius 3 is 2.05 bits per heavy atom. The molecule has 7 aliphatic heterocycles. The second-order valence-electron chi connectivity index (χ2n) is 36.5. The van der Waals surface area contributed by atoms with Gasteiger partial charge in [0.05, 0.1) is 53.6 Å². The first-order chi connectivity index (χ1) is 62.8. The summed E-state index contributed by atoms with van der Waals surface area (Å²) < 4.78 is 32.3. The van der Waals surface area contributed by atoms with Crippen molar-refractivity contribution in [2.45, 2.75) is 213 Å². The lowest BCUT2D eigenvalue weighted by Gasteiger charge is -2.38. The van der Waals surface area contributed by atoms with Gasteiger partial charge in [0.25, 0.3) is 23.7 Å². The molecular weight excluding hydrogens is 1660 g/mol. The first-order valence-corrected chi connectivity index (χ1v) is 46.0. The second kappa shape index (κ2) is 40.8. The van der Waals surface area contributed by atoms with Crippen LogP contribution in [-0.4, -0.2) is 248 Å². The number of fused-ring (bicyclic) bond motifs is 7. The number of ether oxygens (including phenoxy) is 4. The number of piperidine rings is 1. The Hall–Kier alpha value is -12.3. The zero-order chi connectivity index (χ0) is 91.0. The Labute approximate surface area is 755 Å². The van der Waals surface area contributed by atoms with E-state index in [-0.39, 0.29) is 97.2 Å². The fourth-order valence-electron chi connectivity index (χ4n) is 19.3. The molecule has 34 heteroatoms. The normalized spacial score (nSPS) is 25.9. The largest absolute Gasteiger partial charge is 0.460 e. The molecule has 2 unspecified atom stereocenters. The van der Waals surface area contributed by atoms with E-state index in [1.165, 1.54) is 11.2 Å². The number of methoxy groups -OCH3 is 1. The number of benzene rings is 2. The van der Waals surface area contributed by atoms with Crippen molar-refractivity contribution in [2.24, 2.45) is 29.6 Å². The highest BCUT2D eigenvalue weighted by Crippen LogP contribution is 2.38. The summed E-state index contributed by atoms with van der Waals surface area (Å²) in [6.07, 6.45) is 25.3. The lowest BCUT2D eigenvalue weighted by molar-refractivity contribution is -0.169. The van der Waals surface area contributed by atoms with Crippen LogP contribution in [-0.2, 0) is 75.4 Å². The summed E-state index contributed by atoms with van der Waals surface area (Å²) in [7, 11) is 1.64. The number of carbonyl (C=O) groups is 8. The number of esters is 1. The number of piperazine rings is 2. The molecule has 5 N–H and O–H groups in total. The van der Waals surface area contributed by atoms with E-state index in [9.17, 15) is 43.5 Å². The van der Waals surface area contributed by atoms with Crippen molar-refractivity contribution in [1.82, 2.24) is 74.2 Å². The standard InChI is InChI=1S/C96H118N20O14/c1-57-13-9-8-10-14-58(2)81(126-7)46-73-23-16-59(3)85(127-73)84(120)90(123)115-30-12-11-15-76(115)91(124)128-72(45-77(117)61(5)42-62(6)79(119)47-78(118)60(4)41-57)26-20-63-18-24-71(25-19-63)129-96(125)114-32-29-74-70(55-114)52-103-95(107-74)112-39-37-111(38-40-112)94-99-48-68(49-100-94)88(121)109-33-35-110(36-34-109)93-101-50-69(51-102-93)89(122)113-31-28-65-43-64(17-21-67(65)54-113)53-116-87-82(86(97)104-56-105-87)83(108-116)66-22-27-80-75(44-66)106-92(98)130-80/h8-10,13-14,17,21-22,27,42-44,48-52,56-57,59-61,63,71-73,76,79,81,85,119H,11-12,15-16,18-20,23-26,28-41,45-47,53-55H2,1-7H3,(H2,98,106)(H2,97,104,105)/b10-8?,13-9+,58-14?,62-42+/t57-,59-,60-,61-,63?,71?,72-,73?,76+,79+,81+,85?/m1/s1. The van der Waals surface area contributed by atoms with Crippen LogP contribution in [0.2, 0.25) is 0 Å². The van der Waals surface area contributed by atoms with E-state index >= 15 is 0 Å². The predicted molar refractivity (Wildman–Crippen MR) is 485 cm³/mol.